The lowest BCUT2D eigenvalue weighted by atomic mass is 10.2. The van der Waals surface area contributed by atoms with Crippen LogP contribution in [0.3, 0.4) is 0 Å². The van der Waals surface area contributed by atoms with Crippen molar-refractivity contribution in [2.45, 2.75) is 6.92 Å². The normalized spacial score (nSPS) is 26.2. The first-order valence-electron chi connectivity index (χ1n) is 4.94. The van der Waals surface area contributed by atoms with Crippen LogP contribution in [0.1, 0.15) is 6.92 Å². The molecular formula is C12H13O2P. The molecule has 2 nitrogen and oxygen atoms in total. The van der Waals surface area contributed by atoms with Crippen LogP contribution in [0.5, 0.6) is 0 Å². The van der Waals surface area contributed by atoms with Gasteiger partial charge < -0.3 is 4.57 Å². The largest absolute Gasteiger partial charge is 0.318 e. The van der Waals surface area contributed by atoms with Gasteiger partial charge in [0.05, 0.1) is 6.16 Å². The third-order valence-corrected chi connectivity index (χ3v) is 5.62. The van der Waals surface area contributed by atoms with Crippen LogP contribution in [-0.2, 0) is 9.36 Å². The Labute approximate surface area is 89.4 Å². The quantitative estimate of drug-likeness (QED) is 0.680. The van der Waals surface area contributed by atoms with Crippen molar-refractivity contribution < 1.29 is 9.36 Å². The first-order valence-corrected chi connectivity index (χ1v) is 7.02. The summed E-state index contributed by atoms with van der Waals surface area (Å²) >= 11 is 0. The van der Waals surface area contributed by atoms with Crippen molar-refractivity contribution in [3.05, 3.63) is 42.0 Å². The molecule has 1 heterocycles. The summed E-state index contributed by atoms with van der Waals surface area (Å²) < 4.78 is 12.6. The molecule has 0 fully saturated rings. The molecule has 1 aliphatic heterocycles. The molecule has 0 aromatic heterocycles. The van der Waals surface area contributed by atoms with Crippen LogP contribution in [0.4, 0.5) is 0 Å². The lowest BCUT2D eigenvalue weighted by molar-refractivity contribution is -0.112. The molecule has 0 amide bonds. The Kier molecular flexibility index (Phi) is 2.62. The maximum atomic E-state index is 12.6. The molecule has 0 aliphatic carbocycles. The number of rotatable bonds is 1. The molecule has 1 unspecified atom stereocenters. The van der Waals surface area contributed by atoms with Gasteiger partial charge in [-0.25, -0.2) is 0 Å². The molecular weight excluding hydrogens is 207 g/mol. The second-order valence-electron chi connectivity index (χ2n) is 4.00. The van der Waals surface area contributed by atoms with Gasteiger partial charge in [0.2, 0.25) is 0 Å². The molecule has 1 aromatic carbocycles. The Bertz CT molecular complexity index is 460. The zero-order valence-corrected chi connectivity index (χ0v) is 9.54. The molecule has 1 aromatic rings. The SMILES string of the molecule is CC1=CC(=O)CP(=O)(c2ccccc2)C1. The van der Waals surface area contributed by atoms with E-state index in [0.29, 0.717) is 6.16 Å². The predicted molar refractivity (Wildman–Crippen MR) is 62.2 cm³/mol. The van der Waals surface area contributed by atoms with Crippen molar-refractivity contribution in [1.29, 1.82) is 0 Å². The molecule has 0 bridgehead atoms. The maximum Gasteiger partial charge on any atom is 0.163 e. The smallest absolute Gasteiger partial charge is 0.163 e. The minimum absolute atomic E-state index is 0.00839. The fourth-order valence-corrected chi connectivity index (χ4v) is 4.64. The van der Waals surface area contributed by atoms with Crippen molar-refractivity contribution >= 4 is 18.2 Å². The molecule has 0 radical (unpaired) electrons. The Morgan fingerprint density at radius 1 is 1.13 bits per heavy atom. The summed E-state index contributed by atoms with van der Waals surface area (Å²) in [7, 11) is -2.50. The summed E-state index contributed by atoms with van der Waals surface area (Å²) in [6.45, 7) is 1.87. The predicted octanol–water partition coefficient (Wildman–Crippen LogP) is 2.20. The molecule has 0 spiro atoms. The number of allylic oxidation sites excluding steroid dienone is 2. The molecule has 3 heteroatoms. The number of carbonyl (C=O) groups is 1. The minimum Gasteiger partial charge on any atom is -0.318 e. The van der Waals surface area contributed by atoms with Crippen molar-refractivity contribution in [3.63, 3.8) is 0 Å². The summed E-state index contributed by atoms with van der Waals surface area (Å²) in [6.07, 6.45) is 2.34. The second-order valence-corrected chi connectivity index (χ2v) is 6.93. The highest BCUT2D eigenvalue weighted by molar-refractivity contribution is 7.72. The second kappa shape index (κ2) is 3.79. The fraction of sp³-hybridized carbons (Fsp3) is 0.250. The summed E-state index contributed by atoms with van der Waals surface area (Å²) in [5.74, 6) is -0.00839. The van der Waals surface area contributed by atoms with Gasteiger partial charge in [-0.05, 0) is 13.0 Å². The average molecular weight is 220 g/mol. The maximum absolute atomic E-state index is 12.6. The van der Waals surface area contributed by atoms with Crippen LogP contribution < -0.4 is 5.30 Å². The number of ketones is 1. The van der Waals surface area contributed by atoms with E-state index in [9.17, 15) is 9.36 Å². The molecule has 1 aliphatic rings. The van der Waals surface area contributed by atoms with Crippen molar-refractivity contribution in [3.8, 4) is 0 Å². The highest BCUT2D eigenvalue weighted by Crippen LogP contribution is 2.47. The van der Waals surface area contributed by atoms with Crippen LogP contribution in [0, 0.1) is 0 Å². The van der Waals surface area contributed by atoms with Gasteiger partial charge in [-0.3, -0.25) is 4.79 Å². The molecule has 1 atom stereocenters. The topological polar surface area (TPSA) is 34.1 Å². The number of hydrogen-bond acceptors (Lipinski definition) is 2. The van der Waals surface area contributed by atoms with Gasteiger partial charge in [0, 0.05) is 11.5 Å². The number of carbonyl (C=O) groups excluding carboxylic acids is 1. The Balaban J connectivity index is 2.42. The van der Waals surface area contributed by atoms with Crippen molar-refractivity contribution in [2.75, 3.05) is 12.3 Å². The third kappa shape index (κ3) is 2.10. The molecule has 0 saturated heterocycles. The van der Waals surface area contributed by atoms with E-state index in [-0.39, 0.29) is 11.9 Å². The molecule has 0 saturated carbocycles. The summed E-state index contributed by atoms with van der Waals surface area (Å²) in [6, 6.07) is 9.34. The highest BCUT2D eigenvalue weighted by Gasteiger charge is 2.30. The van der Waals surface area contributed by atoms with E-state index in [4.69, 9.17) is 0 Å². The molecule has 2 rings (SSSR count). The Hall–Kier alpha value is -1.14. The van der Waals surface area contributed by atoms with Gasteiger partial charge in [0.1, 0.15) is 7.14 Å². The lowest BCUT2D eigenvalue weighted by Crippen LogP contribution is -2.19. The summed E-state index contributed by atoms with van der Waals surface area (Å²) in [5, 5.41) is 0.825. The van der Waals surface area contributed by atoms with E-state index in [0.717, 1.165) is 10.9 Å². The van der Waals surface area contributed by atoms with E-state index in [2.05, 4.69) is 0 Å². The standard InChI is InChI=1S/C12H13O2P/c1-10-7-11(13)9-15(14,8-10)12-5-3-2-4-6-12/h2-7H,8-9H2,1H3. The first kappa shape index (κ1) is 10.4. The van der Waals surface area contributed by atoms with Gasteiger partial charge in [0.25, 0.3) is 0 Å². The zero-order chi connectivity index (χ0) is 10.9. The minimum atomic E-state index is -2.50. The van der Waals surface area contributed by atoms with Crippen molar-refractivity contribution in [2.24, 2.45) is 0 Å². The first-order chi connectivity index (χ1) is 7.10. The van der Waals surface area contributed by atoms with Gasteiger partial charge >= 0.3 is 0 Å². The molecule has 0 N–H and O–H groups in total. The highest BCUT2D eigenvalue weighted by atomic mass is 31.2. The van der Waals surface area contributed by atoms with Crippen LogP contribution >= 0.6 is 7.14 Å². The van der Waals surface area contributed by atoms with E-state index < -0.39 is 7.14 Å². The van der Waals surface area contributed by atoms with Gasteiger partial charge in [0.15, 0.2) is 5.78 Å². The Morgan fingerprint density at radius 3 is 2.40 bits per heavy atom. The zero-order valence-electron chi connectivity index (χ0n) is 8.64. The number of benzene rings is 1. The summed E-state index contributed by atoms with van der Waals surface area (Å²) in [4.78, 5) is 11.4. The Morgan fingerprint density at radius 2 is 1.80 bits per heavy atom. The van der Waals surface area contributed by atoms with E-state index in [1.54, 1.807) is 6.08 Å². The summed E-state index contributed by atoms with van der Waals surface area (Å²) in [5.41, 5.74) is 0.929. The molecule has 15 heavy (non-hydrogen) atoms. The van der Waals surface area contributed by atoms with E-state index >= 15 is 0 Å². The van der Waals surface area contributed by atoms with Crippen molar-refractivity contribution in [1.82, 2.24) is 0 Å². The van der Waals surface area contributed by atoms with Crippen LogP contribution in [-0.4, -0.2) is 18.1 Å². The van der Waals surface area contributed by atoms with Crippen LogP contribution in [0.25, 0.3) is 0 Å². The third-order valence-electron chi connectivity index (χ3n) is 2.55. The van der Waals surface area contributed by atoms with Gasteiger partial charge in [-0.1, -0.05) is 35.9 Å². The lowest BCUT2D eigenvalue weighted by Gasteiger charge is -2.21. The molecule has 78 valence electrons. The van der Waals surface area contributed by atoms with E-state index in [1.807, 2.05) is 37.3 Å². The van der Waals surface area contributed by atoms with Crippen LogP contribution in [0.2, 0.25) is 0 Å². The van der Waals surface area contributed by atoms with Gasteiger partial charge in [-0.2, -0.15) is 0 Å². The number of hydrogen-bond donors (Lipinski definition) is 0. The average Bonchev–Trinajstić information content (AvgIpc) is 2.17. The van der Waals surface area contributed by atoms with Gasteiger partial charge in [-0.15, -0.1) is 0 Å². The fourth-order valence-electron chi connectivity index (χ4n) is 1.96. The van der Waals surface area contributed by atoms with Crippen LogP contribution in [0.15, 0.2) is 42.0 Å². The monoisotopic (exact) mass is 220 g/mol. The van der Waals surface area contributed by atoms with E-state index in [1.165, 1.54) is 0 Å².